The highest BCUT2D eigenvalue weighted by Gasteiger charge is 2.23. The summed E-state index contributed by atoms with van der Waals surface area (Å²) in [6, 6.07) is 9.56. The number of urea groups is 1. The lowest BCUT2D eigenvalue weighted by Crippen LogP contribution is -2.43. The van der Waals surface area contributed by atoms with Crippen LogP contribution in [-0.4, -0.2) is 38.1 Å². The maximum Gasteiger partial charge on any atom is 0.315 e. The third-order valence-electron chi connectivity index (χ3n) is 4.48. The maximum absolute atomic E-state index is 13.0. The van der Waals surface area contributed by atoms with Crippen molar-refractivity contribution in [3.63, 3.8) is 0 Å². The number of carbonyl (C=O) groups is 2. The van der Waals surface area contributed by atoms with Crippen molar-refractivity contribution < 1.29 is 18.4 Å². The first-order valence-electron chi connectivity index (χ1n) is 8.91. The first-order valence-corrected chi connectivity index (χ1v) is 8.91. The molecule has 27 heavy (non-hydrogen) atoms. The molecule has 2 aromatic rings. The van der Waals surface area contributed by atoms with Crippen molar-refractivity contribution in [1.82, 2.24) is 16.0 Å². The summed E-state index contributed by atoms with van der Waals surface area (Å²) >= 11 is 0. The standard InChI is InChI=1S/C19H23FN4O3/c20-15-3-5-16(6-4-15)24-8-7-14(13-24)10-22-19(26)23-12-18(25)21-11-17-2-1-9-27-17/h1-6,9,14H,7-8,10-13H2,(H,21,25)(H2,22,23,26)/t14-/m0/s1. The number of nitrogens with zero attached hydrogens (tertiary/aromatic N) is 1. The number of benzene rings is 1. The highest BCUT2D eigenvalue weighted by atomic mass is 19.1. The molecule has 0 spiro atoms. The van der Waals surface area contributed by atoms with E-state index in [1.54, 1.807) is 24.3 Å². The molecule has 1 fully saturated rings. The molecule has 0 saturated carbocycles. The van der Waals surface area contributed by atoms with Gasteiger partial charge in [0.2, 0.25) is 5.91 Å². The molecular weight excluding hydrogens is 351 g/mol. The lowest BCUT2D eigenvalue weighted by Gasteiger charge is -2.19. The Morgan fingerprint density at radius 2 is 1.96 bits per heavy atom. The highest BCUT2D eigenvalue weighted by Crippen LogP contribution is 2.23. The van der Waals surface area contributed by atoms with E-state index in [9.17, 15) is 14.0 Å². The Morgan fingerprint density at radius 3 is 2.70 bits per heavy atom. The number of halogens is 1. The third-order valence-corrected chi connectivity index (χ3v) is 4.48. The Bertz CT molecular complexity index is 749. The van der Waals surface area contributed by atoms with Crippen LogP contribution in [0.15, 0.2) is 47.1 Å². The zero-order chi connectivity index (χ0) is 19.1. The van der Waals surface area contributed by atoms with Gasteiger partial charge in [-0.25, -0.2) is 9.18 Å². The first-order chi connectivity index (χ1) is 13.1. The Morgan fingerprint density at radius 1 is 1.15 bits per heavy atom. The molecule has 3 N–H and O–H groups in total. The number of anilines is 1. The van der Waals surface area contributed by atoms with Crippen LogP contribution < -0.4 is 20.9 Å². The van der Waals surface area contributed by atoms with Crippen molar-refractivity contribution in [1.29, 1.82) is 0 Å². The second-order valence-corrected chi connectivity index (χ2v) is 6.50. The van der Waals surface area contributed by atoms with Crippen LogP contribution in [0.4, 0.5) is 14.9 Å². The predicted octanol–water partition coefficient (Wildman–Crippen LogP) is 1.86. The fourth-order valence-electron chi connectivity index (χ4n) is 3.01. The van der Waals surface area contributed by atoms with Crippen molar-refractivity contribution in [2.45, 2.75) is 13.0 Å². The monoisotopic (exact) mass is 374 g/mol. The normalized spacial score (nSPS) is 16.2. The van der Waals surface area contributed by atoms with Crippen molar-refractivity contribution in [3.05, 3.63) is 54.2 Å². The maximum atomic E-state index is 13.0. The minimum atomic E-state index is -0.372. The molecule has 7 nitrogen and oxygen atoms in total. The third kappa shape index (κ3) is 5.73. The van der Waals surface area contributed by atoms with Crippen LogP contribution in [0.5, 0.6) is 0 Å². The lowest BCUT2D eigenvalue weighted by atomic mass is 10.1. The van der Waals surface area contributed by atoms with E-state index >= 15 is 0 Å². The number of nitrogens with one attached hydrogen (secondary N) is 3. The number of hydrogen-bond donors (Lipinski definition) is 3. The van der Waals surface area contributed by atoms with E-state index in [1.165, 1.54) is 18.4 Å². The van der Waals surface area contributed by atoms with E-state index in [0.29, 0.717) is 18.2 Å². The predicted molar refractivity (Wildman–Crippen MR) is 98.7 cm³/mol. The van der Waals surface area contributed by atoms with Gasteiger partial charge in [0.15, 0.2) is 0 Å². The number of hydrogen-bond acceptors (Lipinski definition) is 4. The van der Waals surface area contributed by atoms with Gasteiger partial charge in [-0.2, -0.15) is 0 Å². The molecule has 1 atom stereocenters. The fourth-order valence-corrected chi connectivity index (χ4v) is 3.01. The molecule has 0 bridgehead atoms. The molecular formula is C19H23FN4O3. The summed E-state index contributed by atoms with van der Waals surface area (Å²) < 4.78 is 18.1. The largest absolute Gasteiger partial charge is 0.467 e. The van der Waals surface area contributed by atoms with E-state index < -0.39 is 0 Å². The van der Waals surface area contributed by atoms with E-state index in [-0.39, 0.29) is 30.8 Å². The van der Waals surface area contributed by atoms with Crippen LogP contribution in [0.25, 0.3) is 0 Å². The number of furan rings is 1. The minimum absolute atomic E-state index is 0.0983. The zero-order valence-corrected chi connectivity index (χ0v) is 14.9. The summed E-state index contributed by atoms with van der Waals surface area (Å²) in [5.74, 6) is 0.430. The number of carbonyl (C=O) groups excluding carboxylic acids is 2. The van der Waals surface area contributed by atoms with Crippen molar-refractivity contribution in [3.8, 4) is 0 Å². The molecule has 1 aromatic heterocycles. The van der Waals surface area contributed by atoms with E-state index in [0.717, 1.165) is 25.2 Å². The fraction of sp³-hybridized carbons (Fsp3) is 0.368. The topological polar surface area (TPSA) is 86.6 Å². The molecule has 1 aromatic carbocycles. The molecule has 1 aliphatic heterocycles. The Kier molecular flexibility index (Phi) is 6.30. The van der Waals surface area contributed by atoms with E-state index in [4.69, 9.17) is 4.42 Å². The summed E-state index contributed by atoms with van der Waals surface area (Å²) in [7, 11) is 0. The summed E-state index contributed by atoms with van der Waals surface area (Å²) in [5, 5.41) is 7.99. The molecule has 0 radical (unpaired) electrons. The first kappa shape index (κ1) is 18.8. The van der Waals surface area contributed by atoms with Gasteiger partial charge in [-0.15, -0.1) is 0 Å². The van der Waals surface area contributed by atoms with Crippen LogP contribution in [0.1, 0.15) is 12.2 Å². The van der Waals surface area contributed by atoms with Gasteiger partial charge in [-0.3, -0.25) is 4.79 Å². The highest BCUT2D eigenvalue weighted by molar-refractivity contribution is 5.83. The average molecular weight is 374 g/mol. The quantitative estimate of drug-likeness (QED) is 0.690. The van der Waals surface area contributed by atoms with Crippen molar-refractivity contribution in [2.75, 3.05) is 31.1 Å². The lowest BCUT2D eigenvalue weighted by molar-refractivity contribution is -0.120. The molecule has 2 heterocycles. The zero-order valence-electron chi connectivity index (χ0n) is 14.9. The van der Waals surface area contributed by atoms with Crippen LogP contribution >= 0.6 is 0 Å². The van der Waals surface area contributed by atoms with Crippen LogP contribution in [0, 0.1) is 11.7 Å². The smallest absolute Gasteiger partial charge is 0.315 e. The second-order valence-electron chi connectivity index (χ2n) is 6.50. The molecule has 0 aliphatic carbocycles. The molecule has 1 saturated heterocycles. The summed E-state index contributed by atoms with van der Waals surface area (Å²) in [4.78, 5) is 25.7. The summed E-state index contributed by atoms with van der Waals surface area (Å²) in [6.07, 6.45) is 2.48. The summed E-state index contributed by atoms with van der Waals surface area (Å²) in [6.45, 7) is 2.39. The Balaban J connectivity index is 1.31. The minimum Gasteiger partial charge on any atom is -0.467 e. The van der Waals surface area contributed by atoms with E-state index in [1.807, 2.05) is 0 Å². The number of amides is 3. The molecule has 3 rings (SSSR count). The number of rotatable bonds is 7. The van der Waals surface area contributed by atoms with Gasteiger partial charge in [0, 0.05) is 25.3 Å². The van der Waals surface area contributed by atoms with Gasteiger partial charge in [0.05, 0.1) is 19.4 Å². The molecule has 1 aliphatic rings. The van der Waals surface area contributed by atoms with Gasteiger partial charge in [0.1, 0.15) is 11.6 Å². The van der Waals surface area contributed by atoms with Crippen molar-refractivity contribution in [2.24, 2.45) is 5.92 Å². The summed E-state index contributed by atoms with van der Waals surface area (Å²) in [5.41, 5.74) is 0.983. The Labute approximate surface area is 156 Å². The molecule has 144 valence electrons. The molecule has 8 heteroatoms. The second kappa shape index (κ2) is 9.07. The van der Waals surface area contributed by atoms with Gasteiger partial charge >= 0.3 is 6.03 Å². The van der Waals surface area contributed by atoms with Gasteiger partial charge in [-0.1, -0.05) is 0 Å². The molecule has 0 unspecified atom stereocenters. The van der Waals surface area contributed by atoms with E-state index in [2.05, 4.69) is 20.9 Å². The van der Waals surface area contributed by atoms with Crippen LogP contribution in [0.2, 0.25) is 0 Å². The van der Waals surface area contributed by atoms with Crippen LogP contribution in [0.3, 0.4) is 0 Å². The van der Waals surface area contributed by atoms with Gasteiger partial charge in [0.25, 0.3) is 0 Å². The van der Waals surface area contributed by atoms with Crippen molar-refractivity contribution >= 4 is 17.6 Å². The van der Waals surface area contributed by atoms with Gasteiger partial charge in [-0.05, 0) is 48.7 Å². The average Bonchev–Trinajstić information content (AvgIpc) is 3.35. The van der Waals surface area contributed by atoms with Crippen LogP contribution in [-0.2, 0) is 11.3 Å². The molecule has 3 amide bonds. The Hall–Kier alpha value is -3.03. The SMILES string of the molecule is O=C(CNC(=O)NC[C@@H]1CCN(c2ccc(F)cc2)C1)NCc1ccco1. The van der Waals surface area contributed by atoms with Gasteiger partial charge < -0.3 is 25.3 Å².